The van der Waals surface area contributed by atoms with Gasteiger partial charge in [0, 0.05) is 18.5 Å². The second-order valence-corrected chi connectivity index (χ2v) is 6.83. The van der Waals surface area contributed by atoms with Crippen LogP contribution in [-0.2, 0) is 6.18 Å². The lowest BCUT2D eigenvalue weighted by Gasteiger charge is -2.18. The molecule has 1 aliphatic heterocycles. The number of rotatable bonds is 4. The van der Waals surface area contributed by atoms with Crippen molar-refractivity contribution in [2.24, 2.45) is 0 Å². The van der Waals surface area contributed by atoms with Crippen LogP contribution in [-0.4, -0.2) is 40.3 Å². The van der Waals surface area contributed by atoms with E-state index in [0.717, 1.165) is 0 Å². The Balaban J connectivity index is 1.33. The standard InChI is InChI=1S/C20H16F4N4O3/c21-15-3-1-2-4-16(15)25-19(29)28-10-9-14(11-28)30-13-7-5-12(6-8-13)17-26-18(31-27-17)20(22,23)24/h1-8,14H,9-11H2,(H,25,29)/t14-/m0/s1. The summed E-state index contributed by atoms with van der Waals surface area (Å²) in [6.07, 6.45) is -4.41. The van der Waals surface area contributed by atoms with E-state index < -0.39 is 23.9 Å². The molecule has 0 bridgehead atoms. The Labute approximate surface area is 173 Å². The molecule has 2 amide bonds. The summed E-state index contributed by atoms with van der Waals surface area (Å²) in [6, 6.07) is 11.6. The van der Waals surface area contributed by atoms with Crippen molar-refractivity contribution in [3.05, 3.63) is 60.2 Å². The number of likely N-dealkylation sites (tertiary alicyclic amines) is 1. The fourth-order valence-electron chi connectivity index (χ4n) is 3.10. The molecule has 4 rings (SSSR count). The molecule has 0 spiro atoms. The van der Waals surface area contributed by atoms with Gasteiger partial charge in [0.2, 0.25) is 5.82 Å². The van der Waals surface area contributed by atoms with Gasteiger partial charge in [-0.25, -0.2) is 9.18 Å². The second kappa shape index (κ2) is 8.25. The van der Waals surface area contributed by atoms with E-state index in [1.165, 1.54) is 35.2 Å². The van der Waals surface area contributed by atoms with Crippen LogP contribution >= 0.6 is 0 Å². The SMILES string of the molecule is O=C(Nc1ccccc1F)N1CC[C@H](Oc2ccc(-c3noc(C(F)(F)F)n3)cc2)C1. The second-order valence-electron chi connectivity index (χ2n) is 6.83. The molecular formula is C20H16F4N4O3. The first-order valence-electron chi connectivity index (χ1n) is 9.28. The minimum Gasteiger partial charge on any atom is -0.489 e. The Hall–Kier alpha value is -3.63. The van der Waals surface area contributed by atoms with Gasteiger partial charge in [0.05, 0.1) is 12.2 Å². The number of nitrogens with one attached hydrogen (secondary N) is 1. The highest BCUT2D eigenvalue weighted by Crippen LogP contribution is 2.30. The molecule has 1 fully saturated rings. The predicted molar refractivity (Wildman–Crippen MR) is 101 cm³/mol. The molecule has 7 nitrogen and oxygen atoms in total. The van der Waals surface area contributed by atoms with Gasteiger partial charge < -0.3 is 19.5 Å². The number of hydrogen-bond donors (Lipinski definition) is 1. The molecule has 0 unspecified atom stereocenters. The van der Waals surface area contributed by atoms with Crippen LogP contribution in [0.2, 0.25) is 0 Å². The van der Waals surface area contributed by atoms with Gasteiger partial charge in [-0.3, -0.25) is 0 Å². The number of para-hydroxylation sites is 1. The van der Waals surface area contributed by atoms with Gasteiger partial charge in [0.25, 0.3) is 0 Å². The zero-order valence-corrected chi connectivity index (χ0v) is 15.9. The largest absolute Gasteiger partial charge is 0.489 e. The Morgan fingerprint density at radius 3 is 2.58 bits per heavy atom. The Morgan fingerprint density at radius 1 is 1.16 bits per heavy atom. The summed E-state index contributed by atoms with van der Waals surface area (Å²) in [5, 5.41) is 5.86. The lowest BCUT2D eigenvalue weighted by Crippen LogP contribution is -2.34. The number of hydrogen-bond acceptors (Lipinski definition) is 5. The molecule has 11 heteroatoms. The van der Waals surface area contributed by atoms with Gasteiger partial charge in [-0.2, -0.15) is 18.2 Å². The number of nitrogens with zero attached hydrogens (tertiary/aromatic N) is 3. The first-order chi connectivity index (χ1) is 14.8. The Kier molecular flexibility index (Phi) is 5.49. The molecule has 1 saturated heterocycles. The summed E-state index contributed by atoms with van der Waals surface area (Å²) in [5.74, 6) is -1.64. The molecule has 2 aromatic carbocycles. The van der Waals surface area contributed by atoms with Crippen LogP contribution in [0.3, 0.4) is 0 Å². The van der Waals surface area contributed by atoms with Crippen molar-refractivity contribution in [3.63, 3.8) is 0 Å². The van der Waals surface area contributed by atoms with E-state index in [0.29, 0.717) is 30.8 Å². The van der Waals surface area contributed by atoms with Crippen molar-refractivity contribution >= 4 is 11.7 Å². The minimum absolute atomic E-state index is 0.0996. The summed E-state index contributed by atoms with van der Waals surface area (Å²) in [5.41, 5.74) is 0.437. The molecule has 0 radical (unpaired) electrons. The van der Waals surface area contributed by atoms with Gasteiger partial charge in [-0.1, -0.05) is 17.3 Å². The number of carbonyl (C=O) groups excluding carboxylic acids is 1. The van der Waals surface area contributed by atoms with Crippen LogP contribution in [0.25, 0.3) is 11.4 Å². The molecule has 0 saturated carbocycles. The predicted octanol–water partition coefficient (Wildman–Crippen LogP) is 4.58. The summed E-state index contributed by atoms with van der Waals surface area (Å²) in [4.78, 5) is 17.2. The molecule has 31 heavy (non-hydrogen) atoms. The van der Waals surface area contributed by atoms with E-state index in [2.05, 4.69) is 20.0 Å². The molecule has 162 valence electrons. The highest BCUT2D eigenvalue weighted by molar-refractivity contribution is 5.89. The van der Waals surface area contributed by atoms with E-state index in [1.807, 2.05) is 0 Å². The summed E-state index contributed by atoms with van der Waals surface area (Å²) < 4.78 is 61.5. The number of benzene rings is 2. The maximum atomic E-state index is 13.7. The maximum Gasteiger partial charge on any atom is 0.471 e. The molecule has 0 aliphatic carbocycles. The fraction of sp³-hybridized carbons (Fsp3) is 0.250. The van der Waals surface area contributed by atoms with Crippen molar-refractivity contribution < 1.29 is 31.6 Å². The lowest BCUT2D eigenvalue weighted by atomic mass is 10.2. The van der Waals surface area contributed by atoms with Crippen molar-refractivity contribution in [3.8, 4) is 17.1 Å². The highest BCUT2D eigenvalue weighted by Gasteiger charge is 2.38. The van der Waals surface area contributed by atoms with Crippen LogP contribution in [0.4, 0.5) is 28.0 Å². The molecule has 1 aromatic heterocycles. The van der Waals surface area contributed by atoms with E-state index in [4.69, 9.17) is 4.74 Å². The average Bonchev–Trinajstić information content (AvgIpc) is 3.40. The third kappa shape index (κ3) is 4.76. The number of aromatic nitrogens is 2. The molecule has 1 N–H and O–H groups in total. The highest BCUT2D eigenvalue weighted by atomic mass is 19.4. The quantitative estimate of drug-likeness (QED) is 0.606. The summed E-state index contributed by atoms with van der Waals surface area (Å²) >= 11 is 0. The first-order valence-corrected chi connectivity index (χ1v) is 9.28. The van der Waals surface area contributed by atoms with E-state index in [1.54, 1.807) is 18.2 Å². The molecule has 2 heterocycles. The number of carbonyl (C=O) groups is 1. The van der Waals surface area contributed by atoms with E-state index in [9.17, 15) is 22.4 Å². The third-order valence-corrected chi connectivity index (χ3v) is 4.63. The zero-order chi connectivity index (χ0) is 22.0. The van der Waals surface area contributed by atoms with Crippen molar-refractivity contribution in [2.75, 3.05) is 18.4 Å². The number of amides is 2. The maximum absolute atomic E-state index is 13.7. The average molecular weight is 436 g/mol. The normalized spacial score (nSPS) is 16.4. The van der Waals surface area contributed by atoms with E-state index in [-0.39, 0.29) is 17.6 Å². The topological polar surface area (TPSA) is 80.5 Å². The van der Waals surface area contributed by atoms with Crippen LogP contribution in [0.15, 0.2) is 53.1 Å². The van der Waals surface area contributed by atoms with Gasteiger partial charge >= 0.3 is 18.1 Å². The van der Waals surface area contributed by atoms with Crippen LogP contribution in [0.5, 0.6) is 5.75 Å². The van der Waals surface area contributed by atoms with Crippen molar-refractivity contribution in [1.82, 2.24) is 15.0 Å². The number of urea groups is 1. The smallest absolute Gasteiger partial charge is 0.471 e. The molecular weight excluding hydrogens is 420 g/mol. The monoisotopic (exact) mass is 436 g/mol. The van der Waals surface area contributed by atoms with E-state index >= 15 is 0 Å². The number of ether oxygens (including phenoxy) is 1. The van der Waals surface area contributed by atoms with Crippen LogP contribution < -0.4 is 10.1 Å². The number of halogens is 4. The third-order valence-electron chi connectivity index (χ3n) is 4.63. The number of anilines is 1. The molecule has 1 aliphatic rings. The first kappa shape index (κ1) is 20.6. The Bertz CT molecular complexity index is 1070. The van der Waals surface area contributed by atoms with Crippen molar-refractivity contribution in [2.45, 2.75) is 18.7 Å². The Morgan fingerprint density at radius 2 is 1.90 bits per heavy atom. The van der Waals surface area contributed by atoms with Gasteiger partial charge in [-0.15, -0.1) is 0 Å². The zero-order valence-electron chi connectivity index (χ0n) is 15.9. The summed E-state index contributed by atoms with van der Waals surface area (Å²) in [6.45, 7) is 0.744. The van der Waals surface area contributed by atoms with Gasteiger partial charge in [0.1, 0.15) is 17.7 Å². The molecule has 1 atom stereocenters. The minimum atomic E-state index is -4.71. The van der Waals surface area contributed by atoms with Crippen molar-refractivity contribution in [1.29, 1.82) is 0 Å². The fourth-order valence-corrected chi connectivity index (χ4v) is 3.10. The van der Waals surface area contributed by atoms with Crippen LogP contribution in [0.1, 0.15) is 12.3 Å². The molecule has 3 aromatic rings. The summed E-state index contributed by atoms with van der Waals surface area (Å²) in [7, 11) is 0. The number of alkyl halides is 3. The van der Waals surface area contributed by atoms with Gasteiger partial charge in [-0.05, 0) is 36.4 Å². The lowest BCUT2D eigenvalue weighted by molar-refractivity contribution is -0.159. The van der Waals surface area contributed by atoms with Gasteiger partial charge in [0.15, 0.2) is 0 Å². The van der Waals surface area contributed by atoms with Crippen LogP contribution in [0, 0.1) is 5.82 Å².